The van der Waals surface area contributed by atoms with Crippen molar-refractivity contribution in [3.05, 3.63) is 71.7 Å². The lowest BCUT2D eigenvalue weighted by Gasteiger charge is -2.36. The van der Waals surface area contributed by atoms with Crippen LogP contribution >= 0.6 is 0 Å². The third kappa shape index (κ3) is 4.01. The number of hydrogen-bond acceptors (Lipinski definition) is 7. The van der Waals surface area contributed by atoms with Crippen molar-refractivity contribution >= 4 is 17.2 Å². The molecule has 4 aromatic rings. The number of ether oxygens (including phenoxy) is 1. The molecule has 1 saturated heterocycles. The number of aromatic nitrogens is 4. The van der Waals surface area contributed by atoms with Gasteiger partial charge in [-0.2, -0.15) is 9.61 Å². The summed E-state index contributed by atoms with van der Waals surface area (Å²) in [5, 5.41) is 18.2. The van der Waals surface area contributed by atoms with E-state index >= 15 is 8.78 Å². The van der Waals surface area contributed by atoms with Gasteiger partial charge in [0.15, 0.2) is 0 Å². The third-order valence-corrected chi connectivity index (χ3v) is 7.16. The number of aliphatic hydroxyl groups is 1. The monoisotopic (exact) mass is 492 g/mol. The number of pyridine rings is 1. The molecule has 4 heterocycles. The van der Waals surface area contributed by atoms with Crippen LogP contribution in [0.1, 0.15) is 42.7 Å². The van der Waals surface area contributed by atoms with Crippen molar-refractivity contribution in [2.24, 2.45) is 5.73 Å². The van der Waals surface area contributed by atoms with Crippen molar-refractivity contribution in [1.29, 1.82) is 0 Å². The summed E-state index contributed by atoms with van der Waals surface area (Å²) in [6, 6.07) is 7.68. The number of anilines is 2. The number of rotatable bonds is 5. The van der Waals surface area contributed by atoms with Gasteiger partial charge in [-0.3, -0.25) is 4.98 Å². The van der Waals surface area contributed by atoms with Crippen molar-refractivity contribution in [2.45, 2.75) is 43.2 Å². The summed E-state index contributed by atoms with van der Waals surface area (Å²) in [7, 11) is 0. The number of imidazole rings is 1. The molecule has 2 aliphatic rings. The van der Waals surface area contributed by atoms with Gasteiger partial charge in [0.25, 0.3) is 0 Å². The van der Waals surface area contributed by atoms with Crippen LogP contribution < -0.4 is 11.1 Å². The van der Waals surface area contributed by atoms with Crippen LogP contribution in [0.5, 0.6) is 0 Å². The first-order chi connectivity index (χ1) is 17.4. The quantitative estimate of drug-likeness (QED) is 0.386. The maximum atomic E-state index is 15.1. The second kappa shape index (κ2) is 8.88. The van der Waals surface area contributed by atoms with Gasteiger partial charge >= 0.3 is 0 Å². The number of nitrogens with one attached hydrogen (secondary N) is 1. The van der Waals surface area contributed by atoms with E-state index in [2.05, 4.69) is 20.4 Å². The van der Waals surface area contributed by atoms with Crippen LogP contribution in [0.15, 0.2) is 48.9 Å². The molecule has 4 N–H and O–H groups in total. The van der Waals surface area contributed by atoms with Gasteiger partial charge in [0.2, 0.25) is 5.95 Å². The van der Waals surface area contributed by atoms with Crippen LogP contribution in [-0.4, -0.2) is 43.9 Å². The Balaban J connectivity index is 1.35. The summed E-state index contributed by atoms with van der Waals surface area (Å²) >= 11 is 0. The zero-order valence-electron chi connectivity index (χ0n) is 19.5. The van der Waals surface area contributed by atoms with Crippen molar-refractivity contribution in [2.75, 3.05) is 18.5 Å². The molecule has 10 heteroatoms. The number of halogens is 2. The lowest BCUT2D eigenvalue weighted by molar-refractivity contribution is -0.184. The van der Waals surface area contributed by atoms with Gasteiger partial charge < -0.3 is 20.9 Å². The summed E-state index contributed by atoms with van der Waals surface area (Å²) in [6.07, 6.45) is 9.20. The Kier molecular flexibility index (Phi) is 5.66. The van der Waals surface area contributed by atoms with E-state index in [-0.39, 0.29) is 36.1 Å². The minimum absolute atomic E-state index is 0.00261. The zero-order valence-corrected chi connectivity index (χ0v) is 19.5. The number of benzene rings is 1. The van der Waals surface area contributed by atoms with Crippen LogP contribution in [0, 0.1) is 11.6 Å². The molecule has 1 aliphatic carbocycles. The Morgan fingerprint density at radius 3 is 2.64 bits per heavy atom. The highest BCUT2D eigenvalue weighted by Gasteiger charge is 2.39. The van der Waals surface area contributed by atoms with E-state index in [9.17, 15) is 5.11 Å². The van der Waals surface area contributed by atoms with E-state index in [4.69, 9.17) is 10.5 Å². The summed E-state index contributed by atoms with van der Waals surface area (Å²) < 4.78 is 36.6. The van der Waals surface area contributed by atoms with E-state index in [1.54, 1.807) is 30.7 Å². The Bertz CT molecular complexity index is 1410. The average molecular weight is 493 g/mol. The number of hydrogen-bond donors (Lipinski definition) is 3. The predicted octanol–water partition coefficient (Wildman–Crippen LogP) is 4.02. The third-order valence-electron chi connectivity index (χ3n) is 7.16. The van der Waals surface area contributed by atoms with Crippen LogP contribution in [0.25, 0.3) is 16.8 Å². The van der Waals surface area contributed by atoms with E-state index in [1.807, 2.05) is 6.07 Å². The number of nitrogens with zero attached hydrogens (tertiary/aromatic N) is 4. The molecule has 6 rings (SSSR count). The molecule has 0 amide bonds. The SMILES string of the molecule is NC1CCCC(c2ccncc2Nc2ncc3ccc(-c4c(F)cc(C5(O)COC5)cc4F)nn23)C1. The van der Waals surface area contributed by atoms with Crippen LogP contribution in [0.4, 0.5) is 20.4 Å². The second-order valence-corrected chi connectivity index (χ2v) is 9.69. The minimum Gasteiger partial charge on any atom is -0.380 e. The minimum atomic E-state index is -1.37. The van der Waals surface area contributed by atoms with E-state index < -0.39 is 17.2 Å². The van der Waals surface area contributed by atoms with E-state index in [0.717, 1.165) is 49.1 Å². The molecule has 2 fully saturated rings. The van der Waals surface area contributed by atoms with Crippen molar-refractivity contribution in [1.82, 2.24) is 19.6 Å². The molecule has 0 spiro atoms. The van der Waals surface area contributed by atoms with Gasteiger partial charge in [-0.15, -0.1) is 0 Å². The van der Waals surface area contributed by atoms with Crippen LogP contribution in [0.3, 0.4) is 0 Å². The van der Waals surface area contributed by atoms with Gasteiger partial charge in [0, 0.05) is 12.2 Å². The summed E-state index contributed by atoms with van der Waals surface area (Å²) in [5.74, 6) is -0.906. The standard InChI is InChI=1S/C26H26F2N6O2/c27-20-9-16(26(35)13-36-14-26)10-21(28)24(20)22-5-4-18-11-31-25(34(18)33-22)32-23-12-30-7-6-19(23)15-2-1-3-17(29)8-15/h4-7,9-12,15,17,35H,1-3,8,13-14,29H2,(H,31,32). The van der Waals surface area contributed by atoms with Gasteiger partial charge in [-0.1, -0.05) is 6.42 Å². The highest BCUT2D eigenvalue weighted by molar-refractivity contribution is 5.66. The normalized spacial score (nSPS) is 21.3. The maximum Gasteiger partial charge on any atom is 0.229 e. The topological polar surface area (TPSA) is 111 Å². The molecule has 36 heavy (non-hydrogen) atoms. The molecule has 3 aromatic heterocycles. The molecule has 186 valence electrons. The van der Waals surface area contributed by atoms with E-state index in [0.29, 0.717) is 17.4 Å². The Morgan fingerprint density at radius 1 is 1.11 bits per heavy atom. The molecule has 2 atom stereocenters. The predicted molar refractivity (Wildman–Crippen MR) is 130 cm³/mol. The average Bonchev–Trinajstić information content (AvgIpc) is 3.24. The van der Waals surface area contributed by atoms with Gasteiger partial charge in [-0.05, 0) is 66.6 Å². The van der Waals surface area contributed by atoms with Crippen molar-refractivity contribution in [3.8, 4) is 11.3 Å². The summed E-state index contributed by atoms with van der Waals surface area (Å²) in [6.45, 7) is 0.00521. The Labute approximate surface area is 206 Å². The first-order valence-electron chi connectivity index (χ1n) is 12.0. The smallest absolute Gasteiger partial charge is 0.229 e. The molecule has 2 unspecified atom stereocenters. The fraction of sp³-hybridized carbons (Fsp3) is 0.346. The van der Waals surface area contributed by atoms with Gasteiger partial charge in [0.05, 0.1) is 48.1 Å². The molecular formula is C26H26F2N6O2. The molecule has 1 saturated carbocycles. The first kappa shape index (κ1) is 23.0. The Morgan fingerprint density at radius 2 is 1.92 bits per heavy atom. The van der Waals surface area contributed by atoms with Crippen molar-refractivity contribution < 1.29 is 18.6 Å². The van der Waals surface area contributed by atoms with Gasteiger partial charge in [0.1, 0.15) is 17.2 Å². The maximum absolute atomic E-state index is 15.1. The zero-order chi connectivity index (χ0) is 24.9. The molecule has 1 aromatic carbocycles. The number of fused-ring (bicyclic) bond motifs is 1. The highest BCUT2D eigenvalue weighted by Crippen LogP contribution is 2.37. The van der Waals surface area contributed by atoms with Crippen molar-refractivity contribution in [3.63, 3.8) is 0 Å². The number of nitrogens with two attached hydrogens (primary N) is 1. The lowest BCUT2D eigenvalue weighted by atomic mass is 9.81. The van der Waals surface area contributed by atoms with Gasteiger partial charge in [-0.25, -0.2) is 13.8 Å². The fourth-order valence-electron chi connectivity index (χ4n) is 5.15. The largest absolute Gasteiger partial charge is 0.380 e. The fourth-order valence-corrected chi connectivity index (χ4v) is 5.15. The molecular weight excluding hydrogens is 466 g/mol. The van der Waals surface area contributed by atoms with Crippen LogP contribution in [-0.2, 0) is 10.3 Å². The summed E-state index contributed by atoms with van der Waals surface area (Å²) in [4.78, 5) is 8.71. The molecule has 8 nitrogen and oxygen atoms in total. The molecule has 0 radical (unpaired) electrons. The van der Waals surface area contributed by atoms with Crippen LogP contribution in [0.2, 0.25) is 0 Å². The Hall–Kier alpha value is -3.47. The summed E-state index contributed by atoms with van der Waals surface area (Å²) in [5.41, 5.74) is 7.39. The molecule has 1 aliphatic heterocycles. The highest BCUT2D eigenvalue weighted by atomic mass is 19.1. The first-order valence-corrected chi connectivity index (χ1v) is 12.0. The lowest BCUT2D eigenvalue weighted by Crippen LogP contribution is -2.46. The molecule has 0 bridgehead atoms. The van der Waals surface area contributed by atoms with E-state index in [1.165, 1.54) is 4.52 Å². The second-order valence-electron chi connectivity index (χ2n) is 9.69.